The van der Waals surface area contributed by atoms with E-state index >= 15 is 0 Å². The fourth-order valence-electron chi connectivity index (χ4n) is 2.85. The van der Waals surface area contributed by atoms with Gasteiger partial charge in [0.1, 0.15) is 0 Å². The molecule has 0 aliphatic heterocycles. The number of halogens is 2. The molecule has 2 heterocycles. The summed E-state index contributed by atoms with van der Waals surface area (Å²) in [6.45, 7) is 0.682. The van der Waals surface area contributed by atoms with Crippen molar-refractivity contribution in [2.24, 2.45) is 5.73 Å². The molecule has 0 bridgehead atoms. The third-order valence-electron chi connectivity index (χ3n) is 4.04. The number of hydrogen-bond donors (Lipinski definition) is 2. The van der Waals surface area contributed by atoms with Gasteiger partial charge in [-0.15, -0.1) is 0 Å². The first kappa shape index (κ1) is 17.1. The van der Waals surface area contributed by atoms with Gasteiger partial charge in [-0.05, 0) is 43.5 Å². The highest BCUT2D eigenvalue weighted by Gasteiger charge is 2.17. The molecule has 0 atom stereocenters. The lowest BCUT2D eigenvalue weighted by molar-refractivity contribution is 0.398. The first-order valence-corrected chi connectivity index (χ1v) is 8.61. The molecule has 0 spiro atoms. The summed E-state index contributed by atoms with van der Waals surface area (Å²) in [6.07, 6.45) is 2.86. The van der Waals surface area contributed by atoms with Crippen LogP contribution < -0.4 is 10.5 Å². The molecule has 2 aromatic heterocycles. The van der Waals surface area contributed by atoms with Crippen LogP contribution >= 0.6 is 23.2 Å². The molecule has 0 saturated heterocycles. The molecule has 0 unspecified atom stereocenters. The Bertz CT molecular complexity index is 861. The Kier molecular flexibility index (Phi) is 5.29. The SMILES string of the molecule is COc1cccc(-c2[nH]c3c(Cl)c(Cl)ccc3c2CCCCN)n1. The number of nitrogens with one attached hydrogen (secondary N) is 1. The molecule has 0 aliphatic carbocycles. The molecule has 0 saturated carbocycles. The Balaban J connectivity index is 2.17. The van der Waals surface area contributed by atoms with Gasteiger partial charge in [-0.1, -0.05) is 35.3 Å². The second-order valence-corrected chi connectivity index (χ2v) is 6.36. The molecule has 0 fully saturated rings. The maximum Gasteiger partial charge on any atom is 0.213 e. The minimum absolute atomic E-state index is 0.531. The van der Waals surface area contributed by atoms with Crippen LogP contribution in [0.25, 0.3) is 22.3 Å². The number of fused-ring (bicyclic) bond motifs is 1. The third-order valence-corrected chi connectivity index (χ3v) is 4.85. The van der Waals surface area contributed by atoms with Crippen molar-refractivity contribution in [3.05, 3.63) is 45.9 Å². The highest BCUT2D eigenvalue weighted by atomic mass is 35.5. The topological polar surface area (TPSA) is 63.9 Å². The normalized spacial score (nSPS) is 11.2. The number of rotatable bonds is 6. The second kappa shape index (κ2) is 7.43. The van der Waals surface area contributed by atoms with E-state index in [2.05, 4.69) is 9.97 Å². The minimum atomic E-state index is 0.531. The van der Waals surface area contributed by atoms with Gasteiger partial charge in [0.25, 0.3) is 0 Å². The van der Waals surface area contributed by atoms with Crippen molar-refractivity contribution >= 4 is 34.1 Å². The lowest BCUT2D eigenvalue weighted by Crippen LogP contribution is -1.99. The zero-order chi connectivity index (χ0) is 17.1. The number of hydrogen-bond acceptors (Lipinski definition) is 3. The summed E-state index contributed by atoms with van der Waals surface area (Å²) >= 11 is 12.6. The van der Waals surface area contributed by atoms with Crippen LogP contribution in [0.4, 0.5) is 0 Å². The van der Waals surface area contributed by atoms with E-state index in [9.17, 15) is 0 Å². The smallest absolute Gasteiger partial charge is 0.213 e. The molecule has 24 heavy (non-hydrogen) atoms. The highest BCUT2D eigenvalue weighted by molar-refractivity contribution is 6.45. The van der Waals surface area contributed by atoms with E-state index in [0.717, 1.165) is 41.6 Å². The number of methoxy groups -OCH3 is 1. The molecule has 126 valence electrons. The van der Waals surface area contributed by atoms with Gasteiger partial charge < -0.3 is 15.5 Å². The quantitative estimate of drug-likeness (QED) is 0.616. The van der Waals surface area contributed by atoms with Crippen molar-refractivity contribution in [1.29, 1.82) is 0 Å². The van der Waals surface area contributed by atoms with Gasteiger partial charge in [-0.3, -0.25) is 0 Å². The number of pyridine rings is 1. The molecule has 3 aromatic rings. The Labute approximate surface area is 150 Å². The van der Waals surface area contributed by atoms with Crippen LogP contribution in [0.1, 0.15) is 18.4 Å². The van der Waals surface area contributed by atoms with E-state index < -0.39 is 0 Å². The fourth-order valence-corrected chi connectivity index (χ4v) is 3.22. The number of aryl methyl sites for hydroxylation is 1. The van der Waals surface area contributed by atoms with Gasteiger partial charge in [0.05, 0.1) is 34.1 Å². The van der Waals surface area contributed by atoms with Crippen LogP contribution in [0.5, 0.6) is 5.88 Å². The zero-order valence-electron chi connectivity index (χ0n) is 13.4. The van der Waals surface area contributed by atoms with Crippen molar-refractivity contribution in [3.8, 4) is 17.3 Å². The van der Waals surface area contributed by atoms with E-state index in [4.69, 9.17) is 33.7 Å². The van der Waals surface area contributed by atoms with Crippen molar-refractivity contribution in [3.63, 3.8) is 0 Å². The van der Waals surface area contributed by atoms with Crippen LogP contribution in [0, 0.1) is 0 Å². The van der Waals surface area contributed by atoms with Gasteiger partial charge in [-0.2, -0.15) is 0 Å². The van der Waals surface area contributed by atoms with E-state index in [-0.39, 0.29) is 0 Å². The number of aromatic nitrogens is 2. The molecule has 6 heteroatoms. The van der Waals surface area contributed by atoms with Crippen LogP contribution in [0.15, 0.2) is 30.3 Å². The fraction of sp³-hybridized carbons (Fsp3) is 0.278. The number of ether oxygens (including phenoxy) is 1. The van der Waals surface area contributed by atoms with Crippen LogP contribution in [0.3, 0.4) is 0 Å². The van der Waals surface area contributed by atoms with Gasteiger partial charge in [0.15, 0.2) is 0 Å². The lowest BCUT2D eigenvalue weighted by Gasteiger charge is -2.06. The van der Waals surface area contributed by atoms with Crippen molar-refractivity contribution in [1.82, 2.24) is 9.97 Å². The number of nitrogens with two attached hydrogens (primary N) is 1. The van der Waals surface area contributed by atoms with Gasteiger partial charge in [0.2, 0.25) is 5.88 Å². The summed E-state index contributed by atoms with van der Waals surface area (Å²) in [5.41, 5.74) is 9.42. The third kappa shape index (κ3) is 3.22. The maximum absolute atomic E-state index is 6.39. The number of nitrogens with zero attached hydrogens (tertiary/aromatic N) is 1. The number of aromatic amines is 1. The summed E-state index contributed by atoms with van der Waals surface area (Å²) in [7, 11) is 1.61. The first-order chi connectivity index (χ1) is 11.7. The van der Waals surface area contributed by atoms with E-state index in [1.807, 2.05) is 30.3 Å². The summed E-state index contributed by atoms with van der Waals surface area (Å²) in [6, 6.07) is 9.53. The number of benzene rings is 1. The van der Waals surface area contributed by atoms with Gasteiger partial charge in [0, 0.05) is 11.5 Å². The molecule has 0 aliphatic rings. The van der Waals surface area contributed by atoms with Crippen molar-refractivity contribution in [2.75, 3.05) is 13.7 Å². The predicted molar refractivity (Wildman–Crippen MR) is 100 cm³/mol. The van der Waals surface area contributed by atoms with Crippen molar-refractivity contribution < 1.29 is 4.74 Å². The molecule has 3 N–H and O–H groups in total. The molecule has 0 amide bonds. The first-order valence-electron chi connectivity index (χ1n) is 7.85. The largest absolute Gasteiger partial charge is 0.481 e. The van der Waals surface area contributed by atoms with Crippen LogP contribution in [-0.4, -0.2) is 23.6 Å². The van der Waals surface area contributed by atoms with E-state index in [1.54, 1.807) is 7.11 Å². The number of H-pyrrole nitrogens is 1. The molecule has 0 radical (unpaired) electrons. The summed E-state index contributed by atoms with van der Waals surface area (Å²) in [4.78, 5) is 7.95. The van der Waals surface area contributed by atoms with E-state index in [1.165, 1.54) is 5.56 Å². The maximum atomic E-state index is 6.39. The highest BCUT2D eigenvalue weighted by Crippen LogP contribution is 2.37. The van der Waals surface area contributed by atoms with Crippen LogP contribution in [0.2, 0.25) is 10.0 Å². The molecule has 3 rings (SSSR count). The molecule has 1 aromatic carbocycles. The zero-order valence-corrected chi connectivity index (χ0v) is 14.9. The molecular weight excluding hydrogens is 345 g/mol. The minimum Gasteiger partial charge on any atom is -0.481 e. The summed E-state index contributed by atoms with van der Waals surface area (Å²) in [5, 5.41) is 2.13. The van der Waals surface area contributed by atoms with E-state index in [0.29, 0.717) is 22.5 Å². The lowest BCUT2D eigenvalue weighted by atomic mass is 10.0. The second-order valence-electron chi connectivity index (χ2n) is 5.57. The van der Waals surface area contributed by atoms with Crippen LogP contribution in [-0.2, 0) is 6.42 Å². The average molecular weight is 364 g/mol. The Morgan fingerprint density at radius 3 is 2.75 bits per heavy atom. The average Bonchev–Trinajstić information content (AvgIpc) is 2.98. The number of unbranched alkanes of at least 4 members (excludes halogenated alkanes) is 1. The van der Waals surface area contributed by atoms with Gasteiger partial charge in [-0.25, -0.2) is 4.98 Å². The molecular formula is C18H19Cl2N3O. The van der Waals surface area contributed by atoms with Crippen molar-refractivity contribution in [2.45, 2.75) is 19.3 Å². The van der Waals surface area contributed by atoms with Gasteiger partial charge >= 0.3 is 0 Å². The summed E-state index contributed by atoms with van der Waals surface area (Å²) < 4.78 is 5.24. The Morgan fingerprint density at radius 2 is 2.00 bits per heavy atom. The predicted octanol–water partition coefficient (Wildman–Crippen LogP) is 4.83. The standard InChI is InChI=1S/C18H19Cl2N3O/c1-24-15-7-4-6-14(22-15)17-11(5-2-3-10-21)12-8-9-13(19)16(20)18(12)23-17/h4,6-9,23H,2-3,5,10,21H2,1H3. The molecule has 4 nitrogen and oxygen atoms in total. The Morgan fingerprint density at radius 1 is 1.17 bits per heavy atom. The summed E-state index contributed by atoms with van der Waals surface area (Å²) in [5.74, 6) is 0.572. The Hall–Kier alpha value is -1.75. The monoisotopic (exact) mass is 363 g/mol.